The van der Waals surface area contributed by atoms with Gasteiger partial charge < -0.3 is 5.11 Å². The number of aliphatic hydroxyl groups is 1. The third-order valence-corrected chi connectivity index (χ3v) is 2.62. The first-order valence-electron chi connectivity index (χ1n) is 4.67. The molecule has 0 aliphatic rings. The highest BCUT2D eigenvalue weighted by atomic mass is 79.9. The molecule has 0 saturated carbocycles. The highest BCUT2D eigenvalue weighted by molar-refractivity contribution is 9.10. The Morgan fingerprint density at radius 3 is 3.00 bits per heavy atom. The molecule has 82 valence electrons. The highest BCUT2D eigenvalue weighted by Crippen LogP contribution is 2.17. The number of nitrogens with zero attached hydrogens (tertiary/aromatic N) is 3. The zero-order valence-corrected chi connectivity index (χ0v) is 10.1. The van der Waals surface area contributed by atoms with Crippen molar-refractivity contribution in [3.8, 4) is 11.8 Å². The number of hydrogen-bond acceptors (Lipinski definition) is 2. The Bertz CT molecular complexity index is 470. The van der Waals surface area contributed by atoms with Crippen LogP contribution in [0.15, 0.2) is 27.8 Å². The van der Waals surface area contributed by atoms with Gasteiger partial charge in [-0.15, -0.1) is 0 Å². The van der Waals surface area contributed by atoms with E-state index in [2.05, 4.69) is 37.8 Å². The van der Waals surface area contributed by atoms with E-state index in [1.807, 2.05) is 18.2 Å². The van der Waals surface area contributed by atoms with E-state index in [1.165, 1.54) is 0 Å². The van der Waals surface area contributed by atoms with Gasteiger partial charge in [0.1, 0.15) is 0 Å². The highest BCUT2D eigenvalue weighted by Gasteiger charge is 1.98. The van der Waals surface area contributed by atoms with Gasteiger partial charge in [0.15, 0.2) is 0 Å². The van der Waals surface area contributed by atoms with Crippen LogP contribution in [0.4, 0.5) is 0 Å². The Morgan fingerprint density at radius 1 is 1.50 bits per heavy atom. The van der Waals surface area contributed by atoms with E-state index in [4.69, 9.17) is 10.6 Å². The molecule has 0 radical (unpaired) electrons. The third-order valence-electron chi connectivity index (χ3n) is 1.85. The predicted molar refractivity (Wildman–Crippen MR) is 65.6 cm³/mol. The summed E-state index contributed by atoms with van der Waals surface area (Å²) in [6.07, 6.45) is 0.536. The molecule has 1 aromatic carbocycles. The fourth-order valence-electron chi connectivity index (χ4n) is 1.09. The number of hydrogen-bond donors (Lipinski definition) is 1. The second-order valence-electron chi connectivity index (χ2n) is 2.97. The van der Waals surface area contributed by atoms with Crippen LogP contribution >= 0.6 is 15.9 Å². The van der Waals surface area contributed by atoms with Crippen LogP contribution in [-0.4, -0.2) is 11.7 Å². The molecule has 4 nitrogen and oxygen atoms in total. The number of halogens is 1. The van der Waals surface area contributed by atoms with Crippen molar-refractivity contribution < 1.29 is 5.11 Å². The zero-order chi connectivity index (χ0) is 11.8. The molecular weight excluding hydrogens is 270 g/mol. The van der Waals surface area contributed by atoms with Crippen molar-refractivity contribution in [3.63, 3.8) is 0 Å². The van der Waals surface area contributed by atoms with E-state index in [0.29, 0.717) is 13.0 Å². The number of azide groups is 1. The monoisotopic (exact) mass is 279 g/mol. The fraction of sp³-hybridized carbons (Fsp3) is 0.273. The van der Waals surface area contributed by atoms with E-state index in [9.17, 15) is 0 Å². The van der Waals surface area contributed by atoms with Crippen LogP contribution in [0.1, 0.15) is 17.5 Å². The van der Waals surface area contributed by atoms with Crippen molar-refractivity contribution in [2.45, 2.75) is 13.0 Å². The van der Waals surface area contributed by atoms with Gasteiger partial charge in [0.05, 0.1) is 6.61 Å². The first-order valence-corrected chi connectivity index (χ1v) is 5.46. The molecule has 0 aromatic heterocycles. The number of rotatable bonds is 3. The fourth-order valence-corrected chi connectivity index (χ4v) is 1.46. The third kappa shape index (κ3) is 3.95. The summed E-state index contributed by atoms with van der Waals surface area (Å²) in [6.45, 7) is 0.363. The maximum Gasteiger partial charge on any atom is 0.0693 e. The summed E-state index contributed by atoms with van der Waals surface area (Å²) in [4.78, 5) is 2.64. The summed E-state index contributed by atoms with van der Waals surface area (Å²) in [5.41, 5.74) is 9.71. The molecule has 0 atom stereocenters. The maximum absolute atomic E-state index is 9.05. The molecule has 5 heteroatoms. The van der Waals surface area contributed by atoms with Gasteiger partial charge in [0, 0.05) is 27.9 Å². The lowest BCUT2D eigenvalue weighted by Gasteiger charge is -2.00. The molecule has 0 unspecified atom stereocenters. The molecule has 0 bridgehead atoms. The quantitative estimate of drug-likeness (QED) is 0.299. The maximum atomic E-state index is 9.05. The van der Waals surface area contributed by atoms with Crippen molar-refractivity contribution in [1.29, 1.82) is 0 Å². The van der Waals surface area contributed by atoms with E-state index in [-0.39, 0.29) is 6.61 Å². The Labute approximate surface area is 102 Å². The Balaban J connectivity index is 2.70. The molecule has 0 saturated heterocycles. The van der Waals surface area contributed by atoms with Gasteiger partial charge in [0.2, 0.25) is 0 Å². The minimum atomic E-state index is -0.0190. The smallest absolute Gasteiger partial charge is 0.0693 e. The van der Waals surface area contributed by atoms with Crippen LogP contribution in [0.2, 0.25) is 0 Å². The second kappa shape index (κ2) is 6.91. The van der Waals surface area contributed by atoms with Gasteiger partial charge in [-0.2, -0.15) is 0 Å². The summed E-state index contributed by atoms with van der Waals surface area (Å²) in [5.74, 6) is 5.84. The lowest BCUT2D eigenvalue weighted by molar-refractivity contribution is 0.281. The normalized spacial score (nSPS) is 8.88. The van der Waals surface area contributed by atoms with Crippen molar-refractivity contribution >= 4 is 15.9 Å². The Morgan fingerprint density at radius 2 is 2.31 bits per heavy atom. The second-order valence-corrected chi connectivity index (χ2v) is 3.82. The van der Waals surface area contributed by atoms with Crippen LogP contribution in [0.3, 0.4) is 0 Å². The van der Waals surface area contributed by atoms with Crippen molar-refractivity contribution in [1.82, 2.24) is 0 Å². The van der Waals surface area contributed by atoms with Crippen LogP contribution in [0.25, 0.3) is 10.4 Å². The van der Waals surface area contributed by atoms with Gasteiger partial charge in [-0.25, -0.2) is 0 Å². The lowest BCUT2D eigenvalue weighted by atomic mass is 10.1. The number of aliphatic hydroxyl groups excluding tert-OH is 1. The van der Waals surface area contributed by atoms with Gasteiger partial charge in [-0.1, -0.05) is 32.9 Å². The van der Waals surface area contributed by atoms with Crippen molar-refractivity contribution in [2.75, 3.05) is 6.54 Å². The molecule has 16 heavy (non-hydrogen) atoms. The largest absolute Gasteiger partial charge is 0.392 e. The van der Waals surface area contributed by atoms with Gasteiger partial charge >= 0.3 is 0 Å². The molecule has 1 rings (SSSR count). The molecule has 0 amide bonds. The Kier molecular flexibility index (Phi) is 5.44. The first kappa shape index (κ1) is 12.6. The SMILES string of the molecule is [N-]=[N+]=NCCC#Cc1ccc(Br)c(CO)c1. The lowest BCUT2D eigenvalue weighted by Crippen LogP contribution is -1.86. The molecule has 0 aliphatic carbocycles. The minimum Gasteiger partial charge on any atom is -0.392 e. The van der Waals surface area contributed by atoms with Gasteiger partial charge in [-0.05, 0) is 29.3 Å². The molecule has 1 aromatic rings. The molecule has 0 heterocycles. The molecular formula is C11H10BrN3O. The predicted octanol–water partition coefficient (Wildman–Crippen LogP) is 2.99. The summed E-state index contributed by atoms with van der Waals surface area (Å²) in [5, 5.41) is 12.4. The van der Waals surface area contributed by atoms with Crippen LogP contribution in [-0.2, 0) is 6.61 Å². The van der Waals surface area contributed by atoms with Crippen molar-refractivity contribution in [2.24, 2.45) is 5.11 Å². The minimum absolute atomic E-state index is 0.0190. The summed E-state index contributed by atoms with van der Waals surface area (Å²) in [7, 11) is 0. The average molecular weight is 280 g/mol. The standard InChI is InChI=1S/C11H10BrN3O/c12-11-5-4-9(7-10(11)8-16)3-1-2-6-14-15-13/h4-5,7,16H,2,6,8H2. The molecule has 0 spiro atoms. The van der Waals surface area contributed by atoms with Crippen LogP contribution < -0.4 is 0 Å². The summed E-state index contributed by atoms with van der Waals surface area (Å²) < 4.78 is 0.870. The zero-order valence-electron chi connectivity index (χ0n) is 8.52. The molecule has 0 fully saturated rings. The average Bonchev–Trinajstić information content (AvgIpc) is 2.31. The topological polar surface area (TPSA) is 69.0 Å². The first-order chi connectivity index (χ1) is 7.77. The van der Waals surface area contributed by atoms with Crippen LogP contribution in [0, 0.1) is 11.8 Å². The Hall–Kier alpha value is -1.47. The molecule has 1 N–H and O–H groups in total. The molecule has 0 aliphatic heterocycles. The summed E-state index contributed by atoms with van der Waals surface area (Å²) >= 11 is 3.33. The van der Waals surface area contributed by atoms with E-state index >= 15 is 0 Å². The van der Waals surface area contributed by atoms with Gasteiger partial charge in [-0.3, -0.25) is 0 Å². The number of benzene rings is 1. The van der Waals surface area contributed by atoms with Crippen LogP contribution in [0.5, 0.6) is 0 Å². The van der Waals surface area contributed by atoms with Gasteiger partial charge in [0.25, 0.3) is 0 Å². The van der Waals surface area contributed by atoms with Crippen molar-refractivity contribution in [3.05, 3.63) is 44.2 Å². The van der Waals surface area contributed by atoms with E-state index in [1.54, 1.807) is 0 Å². The summed E-state index contributed by atoms with van der Waals surface area (Å²) in [6, 6.07) is 5.54. The van der Waals surface area contributed by atoms with E-state index in [0.717, 1.165) is 15.6 Å². The van der Waals surface area contributed by atoms with E-state index < -0.39 is 0 Å².